The molecule has 3 N–H and O–H groups in total. The average Bonchev–Trinajstić information content (AvgIpc) is 3.51. The minimum atomic E-state index is -0.265. The first-order valence-electron chi connectivity index (χ1n) is 15.2. The van der Waals surface area contributed by atoms with Crippen LogP contribution < -0.4 is 10.6 Å². The number of ketones is 3. The Balaban J connectivity index is 1.91. The summed E-state index contributed by atoms with van der Waals surface area (Å²) in [6, 6.07) is 0. The fourth-order valence-electron chi connectivity index (χ4n) is 3.98. The molecule has 0 radical (unpaired) electrons. The van der Waals surface area contributed by atoms with Gasteiger partial charge in [0, 0.05) is 56.6 Å². The van der Waals surface area contributed by atoms with Crippen LogP contribution in [0, 0.1) is 5.92 Å². The van der Waals surface area contributed by atoms with Crippen molar-refractivity contribution < 1.29 is 42.9 Å². The van der Waals surface area contributed by atoms with E-state index in [9.17, 15) is 24.0 Å². The molecular formula is C30H50N4O9. The summed E-state index contributed by atoms with van der Waals surface area (Å²) in [4.78, 5) is 66.0. The van der Waals surface area contributed by atoms with E-state index in [1.165, 1.54) is 6.92 Å². The zero-order valence-corrected chi connectivity index (χ0v) is 25.8. The molecule has 0 unspecified atom stereocenters. The first kappa shape index (κ1) is 38.0. The molecule has 0 spiro atoms. The molecule has 1 aromatic rings. The van der Waals surface area contributed by atoms with Gasteiger partial charge in [0.1, 0.15) is 24.8 Å². The van der Waals surface area contributed by atoms with Gasteiger partial charge >= 0.3 is 0 Å². The van der Waals surface area contributed by atoms with Crippen molar-refractivity contribution in [3.63, 3.8) is 0 Å². The van der Waals surface area contributed by atoms with Gasteiger partial charge in [-0.3, -0.25) is 24.0 Å². The molecule has 0 aromatic carbocycles. The van der Waals surface area contributed by atoms with E-state index < -0.39 is 0 Å². The van der Waals surface area contributed by atoms with Crippen LogP contribution in [0.25, 0.3) is 0 Å². The Morgan fingerprint density at radius 3 is 2.07 bits per heavy atom. The third kappa shape index (κ3) is 22.2. The highest BCUT2D eigenvalue weighted by Gasteiger charge is 2.18. The summed E-state index contributed by atoms with van der Waals surface area (Å²) in [5, 5.41) is 5.37. The molecule has 13 heteroatoms. The number of unbranched alkanes of at least 4 members (excludes halogenated alkanes) is 2. The van der Waals surface area contributed by atoms with E-state index in [4.69, 9.17) is 18.9 Å². The van der Waals surface area contributed by atoms with Crippen molar-refractivity contribution >= 4 is 29.2 Å². The number of carbonyl (C=O) groups is 5. The topological polar surface area (TPSA) is 175 Å². The fourth-order valence-corrected chi connectivity index (χ4v) is 3.98. The predicted molar refractivity (Wildman–Crippen MR) is 158 cm³/mol. The summed E-state index contributed by atoms with van der Waals surface area (Å²) in [6.45, 7) is 5.93. The molecule has 0 aliphatic heterocycles. The summed E-state index contributed by atoms with van der Waals surface area (Å²) in [7, 11) is 0. The molecule has 43 heavy (non-hydrogen) atoms. The average molecular weight is 611 g/mol. The molecule has 1 rings (SSSR count). The number of imidazole rings is 1. The highest BCUT2D eigenvalue weighted by molar-refractivity contribution is 5.86. The number of hydrogen-bond acceptors (Lipinski definition) is 10. The van der Waals surface area contributed by atoms with E-state index in [0.717, 1.165) is 18.5 Å². The molecule has 0 aliphatic rings. The van der Waals surface area contributed by atoms with E-state index in [1.807, 2.05) is 0 Å². The van der Waals surface area contributed by atoms with Crippen molar-refractivity contribution in [3.05, 3.63) is 18.2 Å². The second-order valence-electron chi connectivity index (χ2n) is 10.1. The van der Waals surface area contributed by atoms with Gasteiger partial charge in [0.25, 0.3) is 0 Å². The van der Waals surface area contributed by atoms with Crippen LogP contribution in [0.3, 0.4) is 0 Å². The Labute approximate surface area is 254 Å². The fraction of sp³-hybridized carbons (Fsp3) is 0.733. The third-order valence-electron chi connectivity index (χ3n) is 6.48. The number of aromatic nitrogens is 2. The standard InChI is InChI=1S/C30H50N4O9/c1-3-29(38)32-11-13-40-16-18-43-22-30(39)33-12-14-41-15-17-42-21-28(37)8-6-4-5-7-25(24(2)35)19-27(36)10-9-26-20-31-23-34-26/h20,23,25H,3-19,21-22H2,1-2H3,(H,31,34)(H,32,38)(H,33,39)/t25-/m1/s1. The van der Waals surface area contributed by atoms with Crippen LogP contribution >= 0.6 is 0 Å². The number of carbonyl (C=O) groups excluding carboxylic acids is 5. The van der Waals surface area contributed by atoms with Gasteiger partial charge in [0.15, 0.2) is 5.78 Å². The summed E-state index contributed by atoms with van der Waals surface area (Å²) in [5.41, 5.74) is 0.907. The van der Waals surface area contributed by atoms with Crippen LogP contribution in [-0.2, 0) is 49.3 Å². The SMILES string of the molecule is CCC(=O)NCCOCCOCC(=O)NCCOCCOCC(=O)CCCCC[C@H](CC(=O)CCc1cnc[nH]1)C(C)=O. The van der Waals surface area contributed by atoms with Crippen molar-refractivity contribution in [2.45, 2.75) is 71.6 Å². The van der Waals surface area contributed by atoms with E-state index in [-0.39, 0.29) is 67.9 Å². The summed E-state index contributed by atoms with van der Waals surface area (Å²) >= 11 is 0. The van der Waals surface area contributed by atoms with Gasteiger partial charge in [0.2, 0.25) is 11.8 Å². The number of Topliss-reactive ketones (excluding diaryl/α,β-unsaturated/α-hetero) is 3. The molecule has 244 valence electrons. The minimum absolute atomic E-state index is 0.0121. The second kappa shape index (κ2) is 25.5. The number of nitrogens with zero attached hydrogens (tertiary/aromatic N) is 1. The van der Waals surface area contributed by atoms with E-state index in [2.05, 4.69) is 20.6 Å². The van der Waals surface area contributed by atoms with Gasteiger partial charge in [0.05, 0.1) is 46.0 Å². The number of ether oxygens (including phenoxy) is 4. The third-order valence-corrected chi connectivity index (χ3v) is 6.48. The summed E-state index contributed by atoms with van der Waals surface area (Å²) in [5.74, 6) is -0.428. The quantitative estimate of drug-likeness (QED) is 0.113. The zero-order chi connectivity index (χ0) is 31.5. The van der Waals surface area contributed by atoms with E-state index >= 15 is 0 Å². The summed E-state index contributed by atoms with van der Waals surface area (Å²) in [6.07, 6.45) is 8.33. The molecular weight excluding hydrogens is 560 g/mol. The molecule has 1 heterocycles. The van der Waals surface area contributed by atoms with Gasteiger partial charge in [-0.25, -0.2) is 4.98 Å². The second-order valence-corrected chi connectivity index (χ2v) is 10.1. The normalized spacial score (nSPS) is 11.7. The lowest BCUT2D eigenvalue weighted by Crippen LogP contribution is -2.31. The lowest BCUT2D eigenvalue weighted by molar-refractivity contribution is -0.127. The van der Waals surface area contributed by atoms with Gasteiger partial charge < -0.3 is 34.6 Å². The Kier molecular flexibility index (Phi) is 22.5. The van der Waals surface area contributed by atoms with Crippen molar-refractivity contribution in [2.75, 3.05) is 65.9 Å². The van der Waals surface area contributed by atoms with Crippen molar-refractivity contribution in [1.29, 1.82) is 0 Å². The number of aryl methyl sites for hydroxylation is 1. The Hall–Kier alpha value is -3.00. The smallest absolute Gasteiger partial charge is 0.246 e. The van der Waals surface area contributed by atoms with Crippen molar-refractivity contribution in [1.82, 2.24) is 20.6 Å². The highest BCUT2D eigenvalue weighted by atomic mass is 16.5. The predicted octanol–water partition coefficient (Wildman–Crippen LogP) is 1.74. The monoisotopic (exact) mass is 610 g/mol. The highest BCUT2D eigenvalue weighted by Crippen LogP contribution is 2.17. The number of hydrogen-bond donors (Lipinski definition) is 3. The molecule has 2 amide bonds. The molecule has 0 saturated heterocycles. The maximum Gasteiger partial charge on any atom is 0.246 e. The molecule has 13 nitrogen and oxygen atoms in total. The molecule has 1 aromatic heterocycles. The number of amides is 2. The minimum Gasteiger partial charge on any atom is -0.377 e. The van der Waals surface area contributed by atoms with Gasteiger partial charge in [-0.2, -0.15) is 0 Å². The Bertz CT molecular complexity index is 925. The molecule has 1 atom stereocenters. The van der Waals surface area contributed by atoms with Crippen molar-refractivity contribution in [3.8, 4) is 0 Å². The van der Waals surface area contributed by atoms with Crippen LogP contribution in [0.5, 0.6) is 0 Å². The van der Waals surface area contributed by atoms with E-state index in [1.54, 1.807) is 19.4 Å². The molecule has 0 saturated carbocycles. The first-order valence-corrected chi connectivity index (χ1v) is 15.2. The Morgan fingerprint density at radius 2 is 1.44 bits per heavy atom. The number of rotatable bonds is 29. The maximum atomic E-state index is 12.3. The zero-order valence-electron chi connectivity index (χ0n) is 25.8. The Morgan fingerprint density at radius 1 is 0.791 bits per heavy atom. The van der Waals surface area contributed by atoms with Crippen LogP contribution in [-0.4, -0.2) is 105 Å². The number of H-pyrrole nitrogens is 1. The molecule has 0 aliphatic carbocycles. The lowest BCUT2D eigenvalue weighted by atomic mass is 9.91. The van der Waals surface area contributed by atoms with Crippen LogP contribution in [0.15, 0.2) is 12.5 Å². The van der Waals surface area contributed by atoms with Crippen LogP contribution in [0.2, 0.25) is 0 Å². The molecule has 0 fully saturated rings. The maximum absolute atomic E-state index is 12.3. The van der Waals surface area contributed by atoms with Crippen molar-refractivity contribution in [2.24, 2.45) is 5.92 Å². The van der Waals surface area contributed by atoms with Gasteiger partial charge in [-0.15, -0.1) is 0 Å². The van der Waals surface area contributed by atoms with Crippen LogP contribution in [0.4, 0.5) is 0 Å². The van der Waals surface area contributed by atoms with E-state index in [0.29, 0.717) is 78.0 Å². The first-order chi connectivity index (χ1) is 20.8. The molecule has 0 bridgehead atoms. The lowest BCUT2D eigenvalue weighted by Gasteiger charge is -2.13. The van der Waals surface area contributed by atoms with Gasteiger partial charge in [-0.05, 0) is 26.2 Å². The van der Waals surface area contributed by atoms with Gasteiger partial charge in [-0.1, -0.05) is 19.8 Å². The number of aromatic amines is 1. The van der Waals surface area contributed by atoms with Crippen LogP contribution in [0.1, 0.15) is 70.9 Å². The summed E-state index contributed by atoms with van der Waals surface area (Å²) < 4.78 is 21.3. The number of nitrogens with one attached hydrogen (secondary N) is 3. The largest absolute Gasteiger partial charge is 0.377 e.